The Morgan fingerprint density at radius 1 is 1.13 bits per heavy atom. The van der Waals surface area contributed by atoms with E-state index in [1.807, 2.05) is 0 Å². The zero-order valence-corrected chi connectivity index (χ0v) is 11.6. The van der Waals surface area contributed by atoms with Crippen molar-refractivity contribution >= 4 is 0 Å². The molecule has 0 fully saturated rings. The van der Waals surface area contributed by atoms with Crippen LogP contribution in [0.3, 0.4) is 0 Å². The molecule has 0 aliphatic carbocycles. The van der Waals surface area contributed by atoms with Crippen LogP contribution in [0.1, 0.15) is 54.4 Å². The smallest absolute Gasteiger partial charge is 0.0623 e. The van der Waals surface area contributed by atoms with Crippen LogP contribution in [0, 0.1) is 5.41 Å². The largest absolute Gasteiger partial charge is 0.379 e. The average Bonchev–Trinajstić information content (AvgIpc) is 2.10. The predicted octanol–water partition coefficient (Wildman–Crippen LogP) is 3.22. The summed E-state index contributed by atoms with van der Waals surface area (Å²) >= 11 is 0. The molecule has 0 bridgehead atoms. The van der Waals surface area contributed by atoms with Crippen molar-refractivity contribution in [1.82, 2.24) is 5.32 Å². The van der Waals surface area contributed by atoms with Gasteiger partial charge in [0.05, 0.1) is 5.60 Å². The first-order valence-electron chi connectivity index (χ1n) is 6.01. The number of methoxy groups -OCH3 is 1. The minimum absolute atomic E-state index is 0.00107. The van der Waals surface area contributed by atoms with Crippen LogP contribution in [0.5, 0.6) is 0 Å². The highest BCUT2D eigenvalue weighted by Crippen LogP contribution is 2.26. The zero-order valence-electron chi connectivity index (χ0n) is 11.6. The van der Waals surface area contributed by atoms with Gasteiger partial charge in [-0.3, -0.25) is 0 Å². The summed E-state index contributed by atoms with van der Waals surface area (Å²) in [7, 11) is 1.79. The van der Waals surface area contributed by atoms with E-state index in [0.717, 1.165) is 19.4 Å². The molecule has 1 N–H and O–H groups in total. The lowest BCUT2D eigenvalue weighted by Gasteiger charge is -2.34. The van der Waals surface area contributed by atoms with Crippen molar-refractivity contribution < 1.29 is 4.74 Å². The quantitative estimate of drug-likeness (QED) is 0.734. The van der Waals surface area contributed by atoms with Gasteiger partial charge in [-0.1, -0.05) is 27.7 Å². The van der Waals surface area contributed by atoms with Crippen LogP contribution in [-0.4, -0.2) is 25.3 Å². The molecule has 0 saturated heterocycles. The highest BCUT2D eigenvalue weighted by molar-refractivity contribution is 4.82. The molecule has 0 aromatic rings. The Hall–Kier alpha value is -0.0800. The van der Waals surface area contributed by atoms with E-state index < -0.39 is 0 Å². The van der Waals surface area contributed by atoms with Crippen molar-refractivity contribution in [3.05, 3.63) is 0 Å². The molecule has 0 aliphatic heterocycles. The van der Waals surface area contributed by atoms with Gasteiger partial charge in [-0.05, 0) is 38.6 Å². The van der Waals surface area contributed by atoms with Gasteiger partial charge in [0.1, 0.15) is 0 Å². The van der Waals surface area contributed by atoms with Crippen LogP contribution < -0.4 is 5.32 Å². The van der Waals surface area contributed by atoms with Crippen molar-refractivity contribution in [2.24, 2.45) is 5.41 Å². The highest BCUT2D eigenvalue weighted by atomic mass is 16.5. The lowest BCUT2D eigenvalue weighted by atomic mass is 9.82. The van der Waals surface area contributed by atoms with E-state index >= 15 is 0 Å². The Morgan fingerprint density at radius 3 is 2.00 bits per heavy atom. The fourth-order valence-electron chi connectivity index (χ4n) is 1.68. The lowest BCUT2D eigenvalue weighted by molar-refractivity contribution is 0.00862. The van der Waals surface area contributed by atoms with Crippen LogP contribution >= 0.6 is 0 Å². The fourth-order valence-corrected chi connectivity index (χ4v) is 1.68. The molecule has 0 heterocycles. The lowest BCUT2D eigenvalue weighted by Crippen LogP contribution is -2.41. The van der Waals surface area contributed by atoms with E-state index in [2.05, 4.69) is 46.9 Å². The van der Waals surface area contributed by atoms with E-state index in [4.69, 9.17) is 4.74 Å². The molecule has 0 spiro atoms. The van der Waals surface area contributed by atoms with Crippen molar-refractivity contribution in [3.8, 4) is 0 Å². The van der Waals surface area contributed by atoms with E-state index in [1.54, 1.807) is 7.11 Å². The third kappa shape index (κ3) is 6.16. The van der Waals surface area contributed by atoms with E-state index in [0.29, 0.717) is 11.5 Å². The minimum Gasteiger partial charge on any atom is -0.379 e. The molecule has 1 atom stereocenters. The first kappa shape index (κ1) is 14.9. The number of ether oxygens (including phenoxy) is 1. The third-order valence-electron chi connectivity index (χ3n) is 3.08. The van der Waals surface area contributed by atoms with Crippen molar-refractivity contribution in [3.63, 3.8) is 0 Å². The van der Waals surface area contributed by atoms with E-state index in [1.165, 1.54) is 0 Å². The maximum atomic E-state index is 5.45. The molecule has 0 aromatic carbocycles. The Kier molecular flexibility index (Phi) is 5.82. The van der Waals surface area contributed by atoms with Gasteiger partial charge >= 0.3 is 0 Å². The molecule has 0 amide bonds. The third-order valence-corrected chi connectivity index (χ3v) is 3.08. The van der Waals surface area contributed by atoms with Crippen LogP contribution in [0.4, 0.5) is 0 Å². The van der Waals surface area contributed by atoms with Crippen molar-refractivity contribution in [2.75, 3.05) is 13.7 Å². The maximum absolute atomic E-state index is 5.45. The molecule has 0 rings (SSSR count). The number of rotatable bonds is 6. The monoisotopic (exact) mass is 215 g/mol. The van der Waals surface area contributed by atoms with Gasteiger partial charge < -0.3 is 10.1 Å². The van der Waals surface area contributed by atoms with Gasteiger partial charge in [0.15, 0.2) is 0 Å². The van der Waals surface area contributed by atoms with Gasteiger partial charge in [0.25, 0.3) is 0 Å². The summed E-state index contributed by atoms with van der Waals surface area (Å²) in [5.74, 6) is 0. The Labute approximate surface area is 95.8 Å². The number of nitrogens with one attached hydrogen (secondary N) is 1. The standard InChI is InChI=1S/C13H29NO/c1-8-14-11(12(2,3)4)9-10-13(5,6)15-7/h11,14H,8-10H2,1-7H3. The maximum Gasteiger partial charge on any atom is 0.0623 e. The molecule has 15 heavy (non-hydrogen) atoms. The summed E-state index contributed by atoms with van der Waals surface area (Å²) in [6.07, 6.45) is 2.26. The molecule has 2 heteroatoms. The normalized spacial score (nSPS) is 15.4. The Bertz CT molecular complexity index is 170. The second-order valence-electron chi connectivity index (χ2n) is 5.98. The van der Waals surface area contributed by atoms with Gasteiger partial charge in [0.2, 0.25) is 0 Å². The summed E-state index contributed by atoms with van der Waals surface area (Å²) in [6.45, 7) is 14.4. The summed E-state index contributed by atoms with van der Waals surface area (Å²) < 4.78 is 5.45. The van der Waals surface area contributed by atoms with Gasteiger partial charge in [-0.15, -0.1) is 0 Å². The fraction of sp³-hybridized carbons (Fsp3) is 1.00. The molecular formula is C13H29NO. The molecule has 92 valence electrons. The van der Waals surface area contributed by atoms with Crippen LogP contribution in [-0.2, 0) is 4.74 Å². The predicted molar refractivity (Wildman–Crippen MR) is 67.2 cm³/mol. The Morgan fingerprint density at radius 2 is 1.67 bits per heavy atom. The first-order chi connectivity index (χ1) is 6.73. The zero-order chi connectivity index (χ0) is 12.1. The minimum atomic E-state index is -0.00107. The topological polar surface area (TPSA) is 21.3 Å². The SMILES string of the molecule is CCNC(CCC(C)(C)OC)C(C)(C)C. The summed E-state index contributed by atoms with van der Waals surface area (Å²) in [5, 5.41) is 3.56. The highest BCUT2D eigenvalue weighted by Gasteiger charge is 2.26. The van der Waals surface area contributed by atoms with Gasteiger partial charge in [0, 0.05) is 13.2 Å². The molecule has 0 saturated carbocycles. The number of hydrogen-bond donors (Lipinski definition) is 1. The molecule has 1 unspecified atom stereocenters. The second kappa shape index (κ2) is 5.86. The number of hydrogen-bond acceptors (Lipinski definition) is 2. The molecule has 0 aromatic heterocycles. The van der Waals surface area contributed by atoms with Crippen molar-refractivity contribution in [2.45, 2.75) is 66.0 Å². The Balaban J connectivity index is 4.19. The summed E-state index contributed by atoms with van der Waals surface area (Å²) in [4.78, 5) is 0. The van der Waals surface area contributed by atoms with Crippen LogP contribution in [0.2, 0.25) is 0 Å². The van der Waals surface area contributed by atoms with E-state index in [-0.39, 0.29) is 5.60 Å². The van der Waals surface area contributed by atoms with Crippen molar-refractivity contribution in [1.29, 1.82) is 0 Å². The van der Waals surface area contributed by atoms with E-state index in [9.17, 15) is 0 Å². The first-order valence-corrected chi connectivity index (χ1v) is 6.01. The summed E-state index contributed by atoms with van der Waals surface area (Å²) in [6, 6.07) is 0.567. The molecule has 0 aliphatic rings. The van der Waals surface area contributed by atoms with Crippen LogP contribution in [0.15, 0.2) is 0 Å². The molecule has 0 radical (unpaired) electrons. The molecule has 2 nitrogen and oxygen atoms in total. The summed E-state index contributed by atoms with van der Waals surface area (Å²) in [5.41, 5.74) is 0.318. The second-order valence-corrected chi connectivity index (χ2v) is 5.98. The van der Waals surface area contributed by atoms with Gasteiger partial charge in [-0.25, -0.2) is 0 Å². The average molecular weight is 215 g/mol. The molecular weight excluding hydrogens is 186 g/mol. The van der Waals surface area contributed by atoms with Crippen LogP contribution in [0.25, 0.3) is 0 Å². The van der Waals surface area contributed by atoms with Gasteiger partial charge in [-0.2, -0.15) is 0 Å².